The van der Waals surface area contributed by atoms with Gasteiger partial charge >= 0.3 is 0 Å². The lowest BCUT2D eigenvalue weighted by Crippen LogP contribution is -2.27. The van der Waals surface area contributed by atoms with Crippen molar-refractivity contribution < 1.29 is 9.50 Å². The maximum absolute atomic E-state index is 13.4. The van der Waals surface area contributed by atoms with Crippen molar-refractivity contribution in [2.75, 3.05) is 0 Å². The number of rotatable bonds is 2. The second kappa shape index (κ2) is 4.81. The SMILES string of the molecule is Cl.N[C@H](c1ccc(O)cc1F)C1CCC1. The van der Waals surface area contributed by atoms with Crippen molar-refractivity contribution in [3.63, 3.8) is 0 Å². The van der Waals surface area contributed by atoms with E-state index in [9.17, 15) is 4.39 Å². The molecule has 2 nitrogen and oxygen atoms in total. The van der Waals surface area contributed by atoms with Crippen LogP contribution in [0.4, 0.5) is 4.39 Å². The maximum atomic E-state index is 13.4. The minimum Gasteiger partial charge on any atom is -0.508 e. The third kappa shape index (κ3) is 2.41. The molecule has 1 aliphatic rings. The lowest BCUT2D eigenvalue weighted by Gasteiger charge is -2.31. The van der Waals surface area contributed by atoms with Crippen LogP contribution in [-0.4, -0.2) is 5.11 Å². The summed E-state index contributed by atoms with van der Waals surface area (Å²) in [5, 5.41) is 9.05. The summed E-state index contributed by atoms with van der Waals surface area (Å²) >= 11 is 0. The van der Waals surface area contributed by atoms with Crippen molar-refractivity contribution in [1.82, 2.24) is 0 Å². The number of hydrogen-bond acceptors (Lipinski definition) is 2. The molecule has 0 saturated heterocycles. The van der Waals surface area contributed by atoms with E-state index >= 15 is 0 Å². The third-order valence-electron chi connectivity index (χ3n) is 3.00. The Morgan fingerprint density at radius 2 is 2.07 bits per heavy atom. The fraction of sp³-hybridized carbons (Fsp3) is 0.455. The normalized spacial score (nSPS) is 17.7. The number of phenolic OH excluding ortho intramolecular Hbond substituents is 1. The van der Waals surface area contributed by atoms with E-state index in [1.54, 1.807) is 6.07 Å². The van der Waals surface area contributed by atoms with E-state index in [-0.39, 0.29) is 24.2 Å². The molecular formula is C11H15ClFNO. The molecule has 0 aliphatic heterocycles. The van der Waals surface area contributed by atoms with Gasteiger partial charge in [-0.05, 0) is 24.8 Å². The van der Waals surface area contributed by atoms with Crippen LogP contribution in [-0.2, 0) is 0 Å². The highest BCUT2D eigenvalue weighted by atomic mass is 35.5. The van der Waals surface area contributed by atoms with Crippen molar-refractivity contribution in [2.24, 2.45) is 11.7 Å². The van der Waals surface area contributed by atoms with Gasteiger partial charge in [0.05, 0.1) is 0 Å². The second-order valence-corrected chi connectivity index (χ2v) is 3.92. The van der Waals surface area contributed by atoms with Gasteiger partial charge in [0.1, 0.15) is 11.6 Å². The van der Waals surface area contributed by atoms with E-state index in [2.05, 4.69) is 0 Å². The zero-order chi connectivity index (χ0) is 10.1. The summed E-state index contributed by atoms with van der Waals surface area (Å²) in [6, 6.07) is 3.96. The van der Waals surface area contributed by atoms with Crippen LogP contribution in [0.3, 0.4) is 0 Å². The Kier molecular flexibility index (Phi) is 3.94. The smallest absolute Gasteiger partial charge is 0.131 e. The van der Waals surface area contributed by atoms with Crippen LogP contribution >= 0.6 is 12.4 Å². The summed E-state index contributed by atoms with van der Waals surface area (Å²) in [6.07, 6.45) is 3.36. The van der Waals surface area contributed by atoms with Crippen molar-refractivity contribution in [3.8, 4) is 5.75 Å². The molecule has 1 aliphatic carbocycles. The quantitative estimate of drug-likeness (QED) is 0.822. The molecule has 0 heterocycles. The minimum absolute atomic E-state index is 0. The number of halogens is 2. The predicted octanol–water partition coefficient (Wildman–Crippen LogP) is 2.75. The maximum Gasteiger partial charge on any atom is 0.131 e. The number of phenols is 1. The standard InChI is InChI=1S/C11H14FNO.ClH/c12-10-6-8(14)4-5-9(10)11(13)7-2-1-3-7;/h4-7,11,14H,1-3,13H2;1H/t11-;/m0./s1. The average Bonchev–Trinajstić information content (AvgIpc) is 2.00. The first kappa shape index (κ1) is 12.3. The summed E-state index contributed by atoms with van der Waals surface area (Å²) in [5.41, 5.74) is 6.45. The highest BCUT2D eigenvalue weighted by molar-refractivity contribution is 5.85. The van der Waals surface area contributed by atoms with E-state index in [1.165, 1.54) is 12.5 Å². The molecule has 0 radical (unpaired) electrons. The Morgan fingerprint density at radius 3 is 2.53 bits per heavy atom. The van der Waals surface area contributed by atoms with Gasteiger partial charge in [-0.15, -0.1) is 12.4 Å². The van der Waals surface area contributed by atoms with Crippen LogP contribution in [0, 0.1) is 11.7 Å². The van der Waals surface area contributed by atoms with Crippen LogP contribution in [0.15, 0.2) is 18.2 Å². The van der Waals surface area contributed by atoms with E-state index in [4.69, 9.17) is 10.8 Å². The number of nitrogens with two attached hydrogens (primary N) is 1. The van der Waals surface area contributed by atoms with E-state index in [0.29, 0.717) is 11.5 Å². The highest BCUT2D eigenvalue weighted by Gasteiger charge is 2.27. The van der Waals surface area contributed by atoms with Crippen molar-refractivity contribution in [2.45, 2.75) is 25.3 Å². The Labute approximate surface area is 94.7 Å². The molecule has 1 fully saturated rings. The Hall–Kier alpha value is -0.800. The topological polar surface area (TPSA) is 46.2 Å². The Bertz CT molecular complexity index is 341. The van der Waals surface area contributed by atoms with Gasteiger partial charge in [-0.2, -0.15) is 0 Å². The molecular weight excluding hydrogens is 217 g/mol. The summed E-state index contributed by atoms with van der Waals surface area (Å²) in [5.74, 6) is -0.0366. The summed E-state index contributed by atoms with van der Waals surface area (Å²) in [7, 11) is 0. The molecule has 4 heteroatoms. The predicted molar refractivity (Wildman–Crippen MR) is 59.6 cm³/mol. The number of benzene rings is 1. The van der Waals surface area contributed by atoms with Gasteiger partial charge in [0, 0.05) is 17.7 Å². The van der Waals surface area contributed by atoms with E-state index in [0.717, 1.165) is 18.9 Å². The Morgan fingerprint density at radius 1 is 1.40 bits per heavy atom. The van der Waals surface area contributed by atoms with Gasteiger partial charge in [-0.3, -0.25) is 0 Å². The molecule has 0 bridgehead atoms. The molecule has 84 valence electrons. The highest BCUT2D eigenvalue weighted by Crippen LogP contribution is 2.37. The third-order valence-corrected chi connectivity index (χ3v) is 3.00. The average molecular weight is 232 g/mol. The van der Waals surface area contributed by atoms with E-state index < -0.39 is 5.82 Å². The van der Waals surface area contributed by atoms with Crippen LogP contribution in [0.25, 0.3) is 0 Å². The second-order valence-electron chi connectivity index (χ2n) is 3.92. The van der Waals surface area contributed by atoms with Crippen molar-refractivity contribution in [1.29, 1.82) is 0 Å². The zero-order valence-corrected chi connectivity index (χ0v) is 9.14. The first-order valence-electron chi connectivity index (χ1n) is 4.92. The van der Waals surface area contributed by atoms with Crippen LogP contribution in [0.5, 0.6) is 5.75 Å². The number of aromatic hydroxyl groups is 1. The molecule has 15 heavy (non-hydrogen) atoms. The largest absolute Gasteiger partial charge is 0.508 e. The molecule has 1 saturated carbocycles. The zero-order valence-electron chi connectivity index (χ0n) is 8.32. The van der Waals surface area contributed by atoms with E-state index in [1.807, 2.05) is 0 Å². The van der Waals surface area contributed by atoms with Crippen LogP contribution in [0.1, 0.15) is 30.9 Å². The summed E-state index contributed by atoms with van der Waals surface area (Å²) in [4.78, 5) is 0. The fourth-order valence-electron chi connectivity index (χ4n) is 1.84. The first-order valence-corrected chi connectivity index (χ1v) is 4.92. The number of hydrogen-bond donors (Lipinski definition) is 2. The van der Waals surface area contributed by atoms with Crippen LogP contribution in [0.2, 0.25) is 0 Å². The first-order chi connectivity index (χ1) is 6.68. The molecule has 1 atom stereocenters. The molecule has 2 rings (SSSR count). The van der Waals surface area contributed by atoms with Gasteiger partial charge in [-0.25, -0.2) is 4.39 Å². The van der Waals surface area contributed by atoms with Crippen molar-refractivity contribution in [3.05, 3.63) is 29.6 Å². The van der Waals surface area contributed by atoms with Gasteiger partial charge in [0.2, 0.25) is 0 Å². The fourth-order valence-corrected chi connectivity index (χ4v) is 1.84. The van der Waals surface area contributed by atoms with Gasteiger partial charge in [-0.1, -0.05) is 12.5 Å². The minimum atomic E-state index is -0.399. The Balaban J connectivity index is 0.00000112. The van der Waals surface area contributed by atoms with Gasteiger partial charge in [0.25, 0.3) is 0 Å². The molecule has 0 unspecified atom stereocenters. The van der Waals surface area contributed by atoms with Crippen molar-refractivity contribution >= 4 is 12.4 Å². The molecule has 3 N–H and O–H groups in total. The molecule has 1 aromatic carbocycles. The van der Waals surface area contributed by atoms with Gasteiger partial charge < -0.3 is 10.8 Å². The molecule has 1 aromatic rings. The summed E-state index contributed by atoms with van der Waals surface area (Å²) < 4.78 is 13.4. The van der Waals surface area contributed by atoms with Gasteiger partial charge in [0.15, 0.2) is 0 Å². The van der Waals surface area contributed by atoms with Crippen LogP contribution < -0.4 is 5.73 Å². The monoisotopic (exact) mass is 231 g/mol. The molecule has 0 aromatic heterocycles. The summed E-state index contributed by atoms with van der Waals surface area (Å²) in [6.45, 7) is 0. The molecule has 0 spiro atoms. The lowest BCUT2D eigenvalue weighted by atomic mass is 9.77. The molecule has 0 amide bonds. The lowest BCUT2D eigenvalue weighted by molar-refractivity contribution is 0.260.